The van der Waals surface area contributed by atoms with Crippen LogP contribution in [0.4, 0.5) is 5.82 Å². The lowest BCUT2D eigenvalue weighted by molar-refractivity contribution is -0.0555. The molecular weight excluding hydrogens is 721 g/mol. The van der Waals surface area contributed by atoms with E-state index in [1.165, 1.54) is 103 Å². The molecule has 0 aliphatic rings. The zero-order valence-electron chi connectivity index (χ0n) is 32.9. The van der Waals surface area contributed by atoms with E-state index >= 15 is 0 Å². The molecule has 3 aromatic rings. The molecule has 3 heterocycles. The first-order valence-corrected chi connectivity index (χ1v) is 21.4. The summed E-state index contributed by atoms with van der Waals surface area (Å²) in [5, 5.41) is 23.4. The van der Waals surface area contributed by atoms with Crippen LogP contribution in [0.2, 0.25) is 0 Å². The van der Waals surface area contributed by atoms with E-state index in [2.05, 4.69) is 34.1 Å². The predicted molar refractivity (Wildman–Crippen MR) is 211 cm³/mol. The van der Waals surface area contributed by atoms with Gasteiger partial charge in [-0.2, -0.15) is 15.6 Å². The number of phosphoric ester groups is 1. The van der Waals surface area contributed by atoms with Gasteiger partial charge in [-0.3, -0.25) is 14.0 Å². The van der Waals surface area contributed by atoms with Crippen molar-refractivity contribution in [2.45, 2.75) is 141 Å². The van der Waals surface area contributed by atoms with Crippen LogP contribution in [-0.4, -0.2) is 69.7 Å². The quantitative estimate of drug-likeness (QED) is 0.0452. The largest absolute Gasteiger partial charge is 0.472 e. The Morgan fingerprint density at radius 3 is 2.20 bits per heavy atom. The van der Waals surface area contributed by atoms with Gasteiger partial charge >= 0.3 is 7.82 Å². The van der Waals surface area contributed by atoms with Gasteiger partial charge < -0.3 is 24.8 Å². The van der Waals surface area contributed by atoms with Crippen molar-refractivity contribution in [3.63, 3.8) is 0 Å². The number of unbranched alkanes of at least 4 members (excludes halogenated alkanes) is 15. The van der Waals surface area contributed by atoms with Crippen LogP contribution in [0.3, 0.4) is 0 Å². The number of anilines is 1. The molecule has 3 atom stereocenters. The SMILES string of the molecule is CCCCCCCCCCCCCCCCCCOC[C@H](COP(=O)(O)OCC(C#N)(CCc1ccc2c(N)ncnn12)OC)OCc1cncc(C#N)c1. The van der Waals surface area contributed by atoms with Gasteiger partial charge in [0.2, 0.25) is 0 Å². The number of nitrogens with zero attached hydrogens (tertiary/aromatic N) is 6. The Morgan fingerprint density at radius 1 is 0.927 bits per heavy atom. The molecule has 14 nitrogen and oxygen atoms in total. The Hall–Kier alpha value is -3.46. The molecule has 304 valence electrons. The number of nitrogen functional groups attached to an aromatic ring is 1. The molecule has 55 heavy (non-hydrogen) atoms. The summed E-state index contributed by atoms with van der Waals surface area (Å²) in [5.74, 6) is 0.321. The molecule has 0 saturated heterocycles. The smallest absolute Gasteiger partial charge is 0.382 e. The van der Waals surface area contributed by atoms with Gasteiger partial charge in [0.15, 0.2) is 11.4 Å². The van der Waals surface area contributed by atoms with Gasteiger partial charge in [-0.15, -0.1) is 0 Å². The minimum absolute atomic E-state index is 0.0851. The van der Waals surface area contributed by atoms with Crippen LogP contribution >= 0.6 is 7.82 Å². The van der Waals surface area contributed by atoms with Gasteiger partial charge in [-0.1, -0.05) is 103 Å². The number of aromatic nitrogens is 4. The van der Waals surface area contributed by atoms with Gasteiger partial charge in [0.25, 0.3) is 0 Å². The third-order valence-corrected chi connectivity index (χ3v) is 10.6. The highest BCUT2D eigenvalue weighted by Gasteiger charge is 2.35. The fourth-order valence-electron chi connectivity index (χ4n) is 6.25. The molecule has 0 fully saturated rings. The highest BCUT2D eigenvalue weighted by atomic mass is 31.2. The number of pyridine rings is 1. The summed E-state index contributed by atoms with van der Waals surface area (Å²) in [6, 6.07) is 9.37. The number of aryl methyl sites for hydroxylation is 1. The number of hydrogen-bond donors (Lipinski definition) is 2. The van der Waals surface area contributed by atoms with Crippen LogP contribution in [0, 0.1) is 22.7 Å². The number of rotatable bonds is 32. The van der Waals surface area contributed by atoms with Crippen LogP contribution in [0.1, 0.15) is 133 Å². The molecule has 0 radical (unpaired) electrons. The first-order valence-electron chi connectivity index (χ1n) is 19.9. The standard InChI is InChI=1S/C40H62N7O7P/c1-3-4-5-6-7-8-9-10-11-12-13-14-15-16-17-18-23-51-29-37(52-28-35-24-34(25-41)26-44-27-35)30-53-55(48,49)54-32-40(31-42,50-2)22-21-36-19-20-38-39(43)45-33-46-47(36)38/h19-20,24,26-27,33,37H,3-18,21-23,28-30,32H2,1-2H3,(H,48,49)(H2,43,45,46)/t37-,40?/m1/s1. The van der Waals surface area contributed by atoms with E-state index < -0.39 is 26.1 Å². The van der Waals surface area contributed by atoms with E-state index in [-0.39, 0.29) is 26.2 Å². The maximum atomic E-state index is 13.0. The Morgan fingerprint density at radius 2 is 1.58 bits per heavy atom. The predicted octanol–water partition coefficient (Wildman–Crippen LogP) is 8.42. The fourth-order valence-corrected chi connectivity index (χ4v) is 7.05. The van der Waals surface area contributed by atoms with E-state index in [1.54, 1.807) is 22.8 Å². The molecule has 0 spiro atoms. The molecule has 0 saturated carbocycles. The van der Waals surface area contributed by atoms with Crippen molar-refractivity contribution < 1.29 is 32.7 Å². The first kappa shape index (κ1) is 45.9. The monoisotopic (exact) mass is 783 g/mol. The molecule has 0 aliphatic carbocycles. The third kappa shape index (κ3) is 17.9. The third-order valence-electron chi connectivity index (χ3n) is 9.68. The average Bonchev–Trinajstić information content (AvgIpc) is 3.63. The van der Waals surface area contributed by atoms with Crippen LogP contribution < -0.4 is 5.73 Å². The Kier molecular flexibility index (Phi) is 22.0. The second-order valence-corrected chi connectivity index (χ2v) is 15.6. The van der Waals surface area contributed by atoms with Crippen LogP contribution in [0.15, 0.2) is 36.9 Å². The van der Waals surface area contributed by atoms with Crippen molar-refractivity contribution >= 4 is 19.2 Å². The molecule has 2 unspecified atom stereocenters. The second kappa shape index (κ2) is 26.4. The fraction of sp³-hybridized carbons (Fsp3) is 0.675. The number of phosphoric acid groups is 1. The molecule has 0 bridgehead atoms. The molecule has 0 aromatic carbocycles. The molecule has 0 aliphatic heterocycles. The highest BCUT2D eigenvalue weighted by Crippen LogP contribution is 2.44. The molecule has 3 N–H and O–H groups in total. The lowest BCUT2D eigenvalue weighted by Crippen LogP contribution is -2.36. The number of fused-ring (bicyclic) bond motifs is 1. The molecular formula is C40H62N7O7P. The Balaban J connectivity index is 1.38. The summed E-state index contributed by atoms with van der Waals surface area (Å²) < 4.78 is 42.6. The minimum Gasteiger partial charge on any atom is -0.382 e. The first-order chi connectivity index (χ1) is 26.7. The molecule has 3 rings (SSSR count). The van der Waals surface area contributed by atoms with Crippen molar-refractivity contribution in [2.24, 2.45) is 0 Å². The summed E-state index contributed by atoms with van der Waals surface area (Å²) in [7, 11) is -3.31. The van der Waals surface area contributed by atoms with E-state index in [0.29, 0.717) is 35.5 Å². The molecule has 0 amide bonds. The Bertz CT molecular complexity index is 1650. The summed E-state index contributed by atoms with van der Waals surface area (Å²) >= 11 is 0. The normalized spacial score (nSPS) is 14.3. The zero-order valence-corrected chi connectivity index (χ0v) is 33.8. The summed E-state index contributed by atoms with van der Waals surface area (Å²) in [6.45, 7) is 2.14. The molecule has 3 aromatic heterocycles. The van der Waals surface area contributed by atoms with Crippen LogP contribution in [-0.2, 0) is 40.9 Å². The number of hydrogen-bond acceptors (Lipinski definition) is 12. The molecule has 15 heteroatoms. The van der Waals surface area contributed by atoms with Gasteiger partial charge in [0, 0.05) is 31.8 Å². The van der Waals surface area contributed by atoms with E-state index in [0.717, 1.165) is 25.0 Å². The van der Waals surface area contributed by atoms with Crippen molar-refractivity contribution in [3.8, 4) is 12.1 Å². The second-order valence-electron chi connectivity index (χ2n) is 14.1. The highest BCUT2D eigenvalue weighted by molar-refractivity contribution is 7.47. The maximum absolute atomic E-state index is 13.0. The van der Waals surface area contributed by atoms with Gasteiger partial charge in [0.05, 0.1) is 25.4 Å². The van der Waals surface area contributed by atoms with Gasteiger partial charge in [0.1, 0.15) is 36.7 Å². The van der Waals surface area contributed by atoms with Crippen LogP contribution in [0.5, 0.6) is 0 Å². The van der Waals surface area contributed by atoms with Crippen molar-refractivity contribution in [1.29, 1.82) is 10.5 Å². The van der Waals surface area contributed by atoms with Crippen molar-refractivity contribution in [3.05, 3.63) is 53.7 Å². The van der Waals surface area contributed by atoms with Crippen molar-refractivity contribution in [2.75, 3.05) is 39.3 Å². The number of nitrogens with two attached hydrogens (primary N) is 1. The summed E-state index contributed by atoms with van der Waals surface area (Å²) in [4.78, 5) is 18.6. The number of nitriles is 2. The number of ether oxygens (including phenoxy) is 3. The lowest BCUT2D eigenvalue weighted by atomic mass is 9.99. The van der Waals surface area contributed by atoms with Gasteiger partial charge in [-0.25, -0.2) is 14.1 Å². The van der Waals surface area contributed by atoms with E-state index in [9.17, 15) is 20.0 Å². The Labute approximate surface area is 327 Å². The van der Waals surface area contributed by atoms with Crippen molar-refractivity contribution in [1.82, 2.24) is 19.6 Å². The minimum atomic E-state index is -4.65. The van der Waals surface area contributed by atoms with Crippen LogP contribution in [0.25, 0.3) is 5.52 Å². The topological polar surface area (TPSA) is 200 Å². The van der Waals surface area contributed by atoms with E-state index in [4.69, 9.17) is 29.0 Å². The maximum Gasteiger partial charge on any atom is 0.472 e. The van der Waals surface area contributed by atoms with Gasteiger partial charge in [-0.05, 0) is 43.0 Å². The number of methoxy groups -OCH3 is 1. The summed E-state index contributed by atoms with van der Waals surface area (Å²) in [6.07, 6.45) is 24.7. The average molecular weight is 784 g/mol. The van der Waals surface area contributed by atoms with E-state index in [1.807, 2.05) is 6.07 Å². The lowest BCUT2D eigenvalue weighted by Gasteiger charge is -2.26. The zero-order chi connectivity index (χ0) is 39.6. The summed E-state index contributed by atoms with van der Waals surface area (Å²) in [5.41, 5.74) is 6.81.